The summed E-state index contributed by atoms with van der Waals surface area (Å²) in [4.78, 5) is 2.33. The third kappa shape index (κ3) is 1.82. The van der Waals surface area contributed by atoms with Gasteiger partial charge in [0.25, 0.3) is 0 Å². The summed E-state index contributed by atoms with van der Waals surface area (Å²) in [6.07, 6.45) is 0. The van der Waals surface area contributed by atoms with E-state index in [0.717, 1.165) is 40.7 Å². The molecule has 2 N–H and O–H groups in total. The van der Waals surface area contributed by atoms with Gasteiger partial charge < -0.3 is 15.1 Å². The number of anilines is 2. The van der Waals surface area contributed by atoms with Gasteiger partial charge in [0.2, 0.25) is 0 Å². The summed E-state index contributed by atoms with van der Waals surface area (Å²) in [5.41, 5.74) is 9.71. The fourth-order valence-corrected chi connectivity index (χ4v) is 2.65. The van der Waals surface area contributed by atoms with Crippen LogP contribution in [-0.2, 0) is 0 Å². The Bertz CT molecular complexity index is 726. The predicted molar refractivity (Wildman–Crippen MR) is 81.7 cm³/mol. The third-order valence-electron chi connectivity index (χ3n) is 3.60. The quantitative estimate of drug-likeness (QED) is 0.718. The molecule has 1 aromatic heterocycles. The Hall–Kier alpha value is -2.16. The topological polar surface area (TPSA) is 42.4 Å². The fourth-order valence-electron chi connectivity index (χ4n) is 2.65. The van der Waals surface area contributed by atoms with E-state index in [1.54, 1.807) is 0 Å². The molecular formula is C16H18N2O. The first-order valence-electron chi connectivity index (χ1n) is 6.70. The summed E-state index contributed by atoms with van der Waals surface area (Å²) in [5.74, 6) is 0. The van der Waals surface area contributed by atoms with Gasteiger partial charge in [0.15, 0.2) is 0 Å². The maximum Gasteiger partial charge on any atom is 0.137 e. The number of nitrogen functional groups attached to an aromatic ring is 1. The molecule has 3 heteroatoms. The summed E-state index contributed by atoms with van der Waals surface area (Å²) in [6.45, 7) is 6.28. The molecule has 98 valence electrons. The zero-order valence-electron chi connectivity index (χ0n) is 11.3. The first-order chi connectivity index (χ1) is 9.24. The van der Waals surface area contributed by atoms with Crippen molar-refractivity contribution in [1.29, 1.82) is 0 Å². The number of nitrogens with zero attached hydrogens (tertiary/aromatic N) is 1. The second-order valence-electron chi connectivity index (χ2n) is 4.68. The van der Waals surface area contributed by atoms with E-state index in [0.29, 0.717) is 0 Å². The summed E-state index contributed by atoms with van der Waals surface area (Å²) in [6, 6.07) is 12.0. The van der Waals surface area contributed by atoms with E-state index in [1.807, 2.05) is 30.3 Å². The first-order valence-corrected chi connectivity index (χ1v) is 6.70. The van der Waals surface area contributed by atoms with Crippen molar-refractivity contribution in [1.82, 2.24) is 0 Å². The Kier molecular flexibility index (Phi) is 2.82. The smallest absolute Gasteiger partial charge is 0.137 e. The van der Waals surface area contributed by atoms with Crippen LogP contribution in [-0.4, -0.2) is 13.1 Å². The van der Waals surface area contributed by atoms with Crippen LogP contribution in [0.2, 0.25) is 0 Å². The molecule has 0 amide bonds. The molecule has 19 heavy (non-hydrogen) atoms. The van der Waals surface area contributed by atoms with Gasteiger partial charge in [0, 0.05) is 29.9 Å². The van der Waals surface area contributed by atoms with E-state index in [9.17, 15) is 0 Å². The number of benzene rings is 2. The van der Waals surface area contributed by atoms with Crippen molar-refractivity contribution in [2.24, 2.45) is 0 Å². The lowest BCUT2D eigenvalue weighted by molar-refractivity contribution is 0.669. The Morgan fingerprint density at radius 1 is 1.05 bits per heavy atom. The lowest BCUT2D eigenvalue weighted by Gasteiger charge is -2.21. The number of furan rings is 1. The molecule has 0 atom stereocenters. The van der Waals surface area contributed by atoms with Crippen molar-refractivity contribution >= 4 is 33.3 Å². The summed E-state index contributed by atoms with van der Waals surface area (Å²) >= 11 is 0. The van der Waals surface area contributed by atoms with E-state index in [2.05, 4.69) is 24.8 Å². The van der Waals surface area contributed by atoms with Crippen molar-refractivity contribution in [2.45, 2.75) is 13.8 Å². The molecule has 3 aromatic rings. The molecular weight excluding hydrogens is 236 g/mol. The van der Waals surface area contributed by atoms with Crippen molar-refractivity contribution in [3.05, 3.63) is 36.4 Å². The molecule has 0 aliphatic rings. The highest BCUT2D eigenvalue weighted by molar-refractivity contribution is 6.12. The second kappa shape index (κ2) is 4.50. The number of nitrogens with two attached hydrogens (primary N) is 1. The lowest BCUT2D eigenvalue weighted by atomic mass is 10.1. The molecule has 0 saturated carbocycles. The molecule has 0 fully saturated rings. The van der Waals surface area contributed by atoms with Crippen LogP contribution in [0.4, 0.5) is 11.4 Å². The van der Waals surface area contributed by atoms with Crippen LogP contribution in [0.5, 0.6) is 0 Å². The number of hydrogen-bond acceptors (Lipinski definition) is 3. The first kappa shape index (κ1) is 11.9. The number of rotatable bonds is 3. The molecule has 2 aromatic carbocycles. The molecule has 0 radical (unpaired) electrons. The standard InChI is InChI=1S/C16H18N2O/c1-3-18(4-2)13-6-5-7-15-16(13)12-10-11(17)8-9-14(12)19-15/h5-10H,3-4,17H2,1-2H3. The maximum absolute atomic E-state index is 5.91. The average Bonchev–Trinajstić information content (AvgIpc) is 2.78. The van der Waals surface area contributed by atoms with E-state index in [4.69, 9.17) is 10.2 Å². The van der Waals surface area contributed by atoms with Crippen molar-refractivity contribution < 1.29 is 4.42 Å². The van der Waals surface area contributed by atoms with Gasteiger partial charge in [-0.1, -0.05) is 6.07 Å². The lowest BCUT2D eigenvalue weighted by Crippen LogP contribution is -2.21. The predicted octanol–water partition coefficient (Wildman–Crippen LogP) is 4.01. The Morgan fingerprint density at radius 2 is 1.84 bits per heavy atom. The van der Waals surface area contributed by atoms with Crippen molar-refractivity contribution in [3.8, 4) is 0 Å². The van der Waals surface area contributed by atoms with E-state index < -0.39 is 0 Å². The van der Waals surface area contributed by atoms with Gasteiger partial charge in [-0.3, -0.25) is 0 Å². The van der Waals surface area contributed by atoms with Crippen LogP contribution in [0.3, 0.4) is 0 Å². The van der Waals surface area contributed by atoms with Gasteiger partial charge in [-0.25, -0.2) is 0 Å². The zero-order valence-corrected chi connectivity index (χ0v) is 11.3. The number of fused-ring (bicyclic) bond motifs is 3. The second-order valence-corrected chi connectivity index (χ2v) is 4.68. The number of hydrogen-bond donors (Lipinski definition) is 1. The molecule has 3 rings (SSSR count). The largest absolute Gasteiger partial charge is 0.456 e. The molecule has 3 nitrogen and oxygen atoms in total. The highest BCUT2D eigenvalue weighted by Crippen LogP contribution is 2.36. The molecule has 0 spiro atoms. The molecule has 0 aliphatic carbocycles. The van der Waals surface area contributed by atoms with Gasteiger partial charge in [-0.2, -0.15) is 0 Å². The monoisotopic (exact) mass is 254 g/mol. The van der Waals surface area contributed by atoms with Crippen LogP contribution in [0.1, 0.15) is 13.8 Å². The van der Waals surface area contributed by atoms with Gasteiger partial charge in [-0.15, -0.1) is 0 Å². The van der Waals surface area contributed by atoms with Crippen LogP contribution >= 0.6 is 0 Å². The van der Waals surface area contributed by atoms with Crippen LogP contribution in [0.25, 0.3) is 21.9 Å². The maximum atomic E-state index is 5.91. The zero-order chi connectivity index (χ0) is 13.4. The van der Waals surface area contributed by atoms with Gasteiger partial charge >= 0.3 is 0 Å². The fraction of sp³-hybridized carbons (Fsp3) is 0.250. The van der Waals surface area contributed by atoms with E-state index in [1.165, 1.54) is 5.69 Å². The minimum atomic E-state index is 0.768. The van der Waals surface area contributed by atoms with Crippen molar-refractivity contribution in [2.75, 3.05) is 23.7 Å². The van der Waals surface area contributed by atoms with Gasteiger partial charge in [0.05, 0.1) is 5.39 Å². The SMILES string of the molecule is CCN(CC)c1cccc2oc3ccc(N)cc3c12. The van der Waals surface area contributed by atoms with E-state index >= 15 is 0 Å². The Balaban J connectivity index is 2.39. The molecule has 0 aliphatic heterocycles. The molecule has 0 bridgehead atoms. The van der Waals surface area contributed by atoms with Crippen LogP contribution < -0.4 is 10.6 Å². The minimum absolute atomic E-state index is 0.768. The summed E-state index contributed by atoms with van der Waals surface area (Å²) in [5, 5.41) is 2.26. The van der Waals surface area contributed by atoms with Crippen LogP contribution in [0.15, 0.2) is 40.8 Å². The van der Waals surface area contributed by atoms with E-state index in [-0.39, 0.29) is 0 Å². The molecule has 0 saturated heterocycles. The Labute approximate surface area is 112 Å². The van der Waals surface area contributed by atoms with Crippen molar-refractivity contribution in [3.63, 3.8) is 0 Å². The normalized spacial score (nSPS) is 11.3. The highest BCUT2D eigenvalue weighted by atomic mass is 16.3. The Morgan fingerprint density at radius 3 is 2.58 bits per heavy atom. The molecule has 1 heterocycles. The minimum Gasteiger partial charge on any atom is -0.456 e. The summed E-state index contributed by atoms with van der Waals surface area (Å²) < 4.78 is 5.91. The molecule has 0 unspecified atom stereocenters. The summed E-state index contributed by atoms with van der Waals surface area (Å²) in [7, 11) is 0. The third-order valence-corrected chi connectivity index (χ3v) is 3.60. The van der Waals surface area contributed by atoms with Gasteiger partial charge in [0.1, 0.15) is 11.2 Å². The average molecular weight is 254 g/mol. The van der Waals surface area contributed by atoms with Crippen LogP contribution in [0, 0.1) is 0 Å². The van der Waals surface area contributed by atoms with Gasteiger partial charge in [-0.05, 0) is 44.2 Å². The highest BCUT2D eigenvalue weighted by Gasteiger charge is 2.14.